The molecular weight excluding hydrogens is 466 g/mol. The SMILES string of the molecule is COc1cccc(C(C(=O)NC(C)(C)C)N(C(=O)Cn2nnc3ccccc32)c2ccc(C)c(C)c2)c1. The van der Waals surface area contributed by atoms with E-state index in [4.69, 9.17) is 4.74 Å². The molecule has 1 aromatic heterocycles. The van der Waals surface area contributed by atoms with Gasteiger partial charge < -0.3 is 10.1 Å². The van der Waals surface area contributed by atoms with Crippen molar-refractivity contribution in [2.75, 3.05) is 12.0 Å². The van der Waals surface area contributed by atoms with Crippen LogP contribution in [-0.2, 0) is 16.1 Å². The summed E-state index contributed by atoms with van der Waals surface area (Å²) in [4.78, 5) is 29.5. The highest BCUT2D eigenvalue weighted by molar-refractivity contribution is 6.01. The van der Waals surface area contributed by atoms with Crippen molar-refractivity contribution in [2.24, 2.45) is 0 Å². The van der Waals surface area contributed by atoms with Gasteiger partial charge in [0.15, 0.2) is 0 Å². The van der Waals surface area contributed by atoms with E-state index in [2.05, 4.69) is 15.6 Å². The van der Waals surface area contributed by atoms with E-state index >= 15 is 0 Å². The molecule has 0 saturated heterocycles. The highest BCUT2D eigenvalue weighted by Crippen LogP contribution is 2.32. The lowest BCUT2D eigenvalue weighted by atomic mass is 9.99. The van der Waals surface area contributed by atoms with E-state index in [0.29, 0.717) is 22.5 Å². The number of carbonyl (C=O) groups is 2. The van der Waals surface area contributed by atoms with Crippen molar-refractivity contribution in [1.82, 2.24) is 20.3 Å². The second-order valence-electron chi connectivity index (χ2n) is 10.2. The standard InChI is InChI=1S/C29H33N5O3/c1-19-14-15-22(16-20(19)2)34(26(35)18-33-25-13-8-7-12-24(25)31-32-33)27(28(36)30-29(3,4)5)21-10-9-11-23(17-21)37-6/h7-17,27H,18H2,1-6H3,(H,30,36). The van der Waals surface area contributed by atoms with Gasteiger partial charge in [-0.1, -0.05) is 35.5 Å². The summed E-state index contributed by atoms with van der Waals surface area (Å²) in [6, 6.07) is 19.5. The van der Waals surface area contributed by atoms with Crippen LogP contribution in [0.15, 0.2) is 66.7 Å². The zero-order valence-corrected chi connectivity index (χ0v) is 22.1. The minimum absolute atomic E-state index is 0.0866. The molecule has 0 radical (unpaired) electrons. The Kier molecular flexibility index (Phi) is 7.29. The Hall–Kier alpha value is -4.20. The van der Waals surface area contributed by atoms with E-state index in [1.165, 1.54) is 0 Å². The summed E-state index contributed by atoms with van der Waals surface area (Å²) in [5.74, 6) is 0.00683. The van der Waals surface area contributed by atoms with Crippen molar-refractivity contribution in [3.8, 4) is 5.75 Å². The van der Waals surface area contributed by atoms with Gasteiger partial charge in [-0.15, -0.1) is 5.10 Å². The first kappa shape index (κ1) is 25.9. The molecule has 0 aliphatic heterocycles. The maximum atomic E-state index is 14.1. The topological polar surface area (TPSA) is 89.4 Å². The number of fused-ring (bicyclic) bond motifs is 1. The predicted octanol–water partition coefficient (Wildman–Crippen LogP) is 4.75. The molecular formula is C29H33N5O3. The molecule has 1 atom stereocenters. The number of aryl methyl sites for hydroxylation is 2. The zero-order valence-electron chi connectivity index (χ0n) is 22.1. The summed E-state index contributed by atoms with van der Waals surface area (Å²) in [5, 5.41) is 11.5. The number of benzene rings is 3. The van der Waals surface area contributed by atoms with E-state index in [0.717, 1.165) is 16.6 Å². The number of nitrogens with one attached hydrogen (secondary N) is 1. The molecule has 1 N–H and O–H groups in total. The lowest BCUT2D eigenvalue weighted by Gasteiger charge is -2.34. The third kappa shape index (κ3) is 5.80. The molecule has 8 nitrogen and oxygen atoms in total. The summed E-state index contributed by atoms with van der Waals surface area (Å²) in [6.07, 6.45) is 0. The average Bonchev–Trinajstić information content (AvgIpc) is 3.25. The van der Waals surface area contributed by atoms with Crippen LogP contribution in [0.5, 0.6) is 5.75 Å². The number of ether oxygens (including phenoxy) is 1. The van der Waals surface area contributed by atoms with Gasteiger partial charge >= 0.3 is 0 Å². The minimum atomic E-state index is -0.946. The molecule has 8 heteroatoms. The van der Waals surface area contributed by atoms with Gasteiger partial charge in [0.25, 0.3) is 0 Å². The number of nitrogens with zero attached hydrogens (tertiary/aromatic N) is 4. The number of hydrogen-bond donors (Lipinski definition) is 1. The van der Waals surface area contributed by atoms with Crippen LogP contribution in [0.3, 0.4) is 0 Å². The van der Waals surface area contributed by atoms with Crippen LogP contribution in [0.4, 0.5) is 5.69 Å². The van der Waals surface area contributed by atoms with Crippen LogP contribution < -0.4 is 15.0 Å². The van der Waals surface area contributed by atoms with Gasteiger partial charge in [0, 0.05) is 11.2 Å². The Balaban J connectivity index is 1.86. The fourth-order valence-electron chi connectivity index (χ4n) is 4.22. The van der Waals surface area contributed by atoms with Crippen LogP contribution in [0, 0.1) is 13.8 Å². The largest absolute Gasteiger partial charge is 0.497 e. The number of aromatic nitrogens is 3. The van der Waals surface area contributed by atoms with Gasteiger partial charge in [-0.2, -0.15) is 0 Å². The summed E-state index contributed by atoms with van der Waals surface area (Å²) in [5.41, 5.74) is 4.30. The quantitative estimate of drug-likeness (QED) is 0.397. The molecule has 0 saturated carbocycles. The Morgan fingerprint density at radius 3 is 2.46 bits per heavy atom. The van der Waals surface area contributed by atoms with Gasteiger partial charge in [0.2, 0.25) is 11.8 Å². The van der Waals surface area contributed by atoms with Crippen LogP contribution in [0.2, 0.25) is 0 Å². The lowest BCUT2D eigenvalue weighted by Crippen LogP contribution is -2.50. The first-order valence-electron chi connectivity index (χ1n) is 12.2. The van der Waals surface area contributed by atoms with Gasteiger partial charge in [0.1, 0.15) is 23.9 Å². The van der Waals surface area contributed by atoms with Crippen LogP contribution in [-0.4, -0.2) is 39.5 Å². The first-order valence-corrected chi connectivity index (χ1v) is 12.2. The number of anilines is 1. The van der Waals surface area contributed by atoms with Gasteiger partial charge in [-0.25, -0.2) is 4.68 Å². The smallest absolute Gasteiger partial charge is 0.249 e. The Bertz CT molecular complexity index is 1440. The molecule has 37 heavy (non-hydrogen) atoms. The highest BCUT2D eigenvalue weighted by atomic mass is 16.5. The fraction of sp³-hybridized carbons (Fsp3) is 0.310. The summed E-state index contributed by atoms with van der Waals surface area (Å²) >= 11 is 0. The first-order chi connectivity index (χ1) is 17.6. The van der Waals surface area contributed by atoms with Crippen molar-refractivity contribution in [3.63, 3.8) is 0 Å². The van der Waals surface area contributed by atoms with E-state index in [-0.39, 0.29) is 18.4 Å². The predicted molar refractivity (Wildman–Crippen MR) is 145 cm³/mol. The Morgan fingerprint density at radius 2 is 1.76 bits per heavy atom. The Labute approximate surface area is 217 Å². The van der Waals surface area contributed by atoms with Crippen molar-refractivity contribution >= 4 is 28.5 Å². The molecule has 1 heterocycles. The van der Waals surface area contributed by atoms with Crippen molar-refractivity contribution in [2.45, 2.75) is 52.7 Å². The molecule has 0 fully saturated rings. The van der Waals surface area contributed by atoms with E-state index in [1.807, 2.05) is 95.3 Å². The molecule has 0 bridgehead atoms. The molecule has 192 valence electrons. The maximum Gasteiger partial charge on any atom is 0.249 e. The number of amides is 2. The third-order valence-electron chi connectivity index (χ3n) is 6.16. The third-order valence-corrected chi connectivity index (χ3v) is 6.16. The van der Waals surface area contributed by atoms with Gasteiger partial charge in [-0.3, -0.25) is 14.5 Å². The average molecular weight is 500 g/mol. The van der Waals surface area contributed by atoms with Crippen LogP contribution in [0.1, 0.15) is 43.5 Å². The highest BCUT2D eigenvalue weighted by Gasteiger charge is 2.35. The fourth-order valence-corrected chi connectivity index (χ4v) is 4.22. The van der Waals surface area contributed by atoms with Gasteiger partial charge in [-0.05, 0) is 87.7 Å². The number of rotatable bonds is 7. The van der Waals surface area contributed by atoms with E-state index < -0.39 is 11.6 Å². The minimum Gasteiger partial charge on any atom is -0.497 e. The molecule has 0 spiro atoms. The Morgan fingerprint density at radius 1 is 1.00 bits per heavy atom. The number of hydrogen-bond acceptors (Lipinski definition) is 5. The normalized spacial score (nSPS) is 12.3. The molecule has 3 aromatic carbocycles. The monoisotopic (exact) mass is 499 g/mol. The number of carbonyl (C=O) groups excluding carboxylic acids is 2. The van der Waals surface area contributed by atoms with Gasteiger partial charge in [0.05, 0.1) is 12.6 Å². The van der Waals surface area contributed by atoms with Crippen molar-refractivity contribution in [3.05, 3.63) is 83.4 Å². The second kappa shape index (κ2) is 10.4. The lowest BCUT2D eigenvalue weighted by molar-refractivity contribution is -0.128. The molecule has 2 amide bonds. The molecule has 0 aliphatic rings. The summed E-state index contributed by atoms with van der Waals surface area (Å²) in [7, 11) is 1.57. The second-order valence-corrected chi connectivity index (χ2v) is 10.2. The molecule has 0 aliphatic carbocycles. The zero-order chi connectivity index (χ0) is 26.7. The van der Waals surface area contributed by atoms with E-state index in [1.54, 1.807) is 22.8 Å². The maximum absolute atomic E-state index is 14.1. The van der Waals surface area contributed by atoms with Crippen LogP contribution in [0.25, 0.3) is 11.0 Å². The van der Waals surface area contributed by atoms with Crippen molar-refractivity contribution < 1.29 is 14.3 Å². The molecule has 4 aromatic rings. The summed E-state index contributed by atoms with van der Waals surface area (Å²) < 4.78 is 7.01. The van der Waals surface area contributed by atoms with Crippen LogP contribution >= 0.6 is 0 Å². The number of methoxy groups -OCH3 is 1. The van der Waals surface area contributed by atoms with Crippen molar-refractivity contribution in [1.29, 1.82) is 0 Å². The summed E-state index contributed by atoms with van der Waals surface area (Å²) in [6.45, 7) is 9.66. The molecule has 1 unspecified atom stereocenters. The van der Waals surface area contributed by atoms with E-state index in [9.17, 15) is 9.59 Å². The number of para-hydroxylation sites is 1. The molecule has 4 rings (SSSR count).